The molecule has 0 heterocycles. The Labute approximate surface area is 94.5 Å². The standard InChI is InChI=1S/C12H17FO3/c1-2-16-9-12(7-14,8-15)10-3-5-11(13)6-4-10/h3-6,14-15H,2,7-9H2,1H3. The third-order valence-electron chi connectivity index (χ3n) is 2.64. The maximum atomic E-state index is 12.8. The van der Waals surface area contributed by atoms with Crippen LogP contribution in [0.3, 0.4) is 0 Å². The van der Waals surface area contributed by atoms with Crippen LogP contribution < -0.4 is 0 Å². The summed E-state index contributed by atoms with van der Waals surface area (Å²) in [6.45, 7) is 2.07. The lowest BCUT2D eigenvalue weighted by molar-refractivity contribution is 0.0247. The van der Waals surface area contributed by atoms with Crippen molar-refractivity contribution in [3.05, 3.63) is 35.6 Å². The highest BCUT2D eigenvalue weighted by Crippen LogP contribution is 2.24. The maximum Gasteiger partial charge on any atom is 0.123 e. The van der Waals surface area contributed by atoms with Gasteiger partial charge in [0.25, 0.3) is 0 Å². The molecular weight excluding hydrogens is 211 g/mol. The van der Waals surface area contributed by atoms with E-state index in [1.165, 1.54) is 12.1 Å². The van der Waals surface area contributed by atoms with Gasteiger partial charge in [-0.3, -0.25) is 0 Å². The Bertz CT molecular complexity index is 307. The summed E-state index contributed by atoms with van der Waals surface area (Å²) in [7, 11) is 0. The zero-order valence-electron chi connectivity index (χ0n) is 9.32. The van der Waals surface area contributed by atoms with Crippen LogP contribution >= 0.6 is 0 Å². The van der Waals surface area contributed by atoms with E-state index in [1.54, 1.807) is 12.1 Å². The minimum absolute atomic E-state index is 0.210. The summed E-state index contributed by atoms with van der Waals surface area (Å²) in [5, 5.41) is 18.8. The summed E-state index contributed by atoms with van der Waals surface area (Å²) < 4.78 is 18.0. The number of rotatable bonds is 6. The minimum atomic E-state index is -0.857. The number of ether oxygens (including phenoxy) is 1. The highest BCUT2D eigenvalue weighted by Gasteiger charge is 2.31. The number of benzene rings is 1. The average Bonchev–Trinajstić information content (AvgIpc) is 2.33. The Morgan fingerprint density at radius 1 is 1.19 bits per heavy atom. The molecular formula is C12H17FO3. The number of hydrogen-bond acceptors (Lipinski definition) is 3. The molecule has 0 aromatic heterocycles. The molecule has 1 aromatic rings. The number of halogens is 1. The molecule has 0 fully saturated rings. The molecule has 4 heteroatoms. The number of aliphatic hydroxyl groups is 2. The smallest absolute Gasteiger partial charge is 0.123 e. The lowest BCUT2D eigenvalue weighted by Gasteiger charge is -2.29. The highest BCUT2D eigenvalue weighted by molar-refractivity contribution is 5.26. The van der Waals surface area contributed by atoms with Crippen LogP contribution in [-0.4, -0.2) is 36.6 Å². The van der Waals surface area contributed by atoms with Gasteiger partial charge in [0.2, 0.25) is 0 Å². The van der Waals surface area contributed by atoms with E-state index < -0.39 is 5.41 Å². The topological polar surface area (TPSA) is 49.7 Å². The summed E-state index contributed by atoms with van der Waals surface area (Å²) in [5.74, 6) is -0.343. The fourth-order valence-electron chi connectivity index (χ4n) is 1.51. The molecule has 0 amide bonds. The first kappa shape index (κ1) is 13.1. The fraction of sp³-hybridized carbons (Fsp3) is 0.500. The zero-order valence-corrected chi connectivity index (χ0v) is 9.32. The molecule has 0 radical (unpaired) electrons. The van der Waals surface area contributed by atoms with E-state index >= 15 is 0 Å². The summed E-state index contributed by atoms with van der Waals surface area (Å²) in [4.78, 5) is 0. The lowest BCUT2D eigenvalue weighted by Crippen LogP contribution is -2.39. The van der Waals surface area contributed by atoms with Gasteiger partial charge in [0.05, 0.1) is 25.2 Å². The van der Waals surface area contributed by atoms with Crippen LogP contribution in [0.4, 0.5) is 4.39 Å². The van der Waals surface area contributed by atoms with Gasteiger partial charge < -0.3 is 14.9 Å². The molecule has 0 unspecified atom stereocenters. The molecule has 2 N–H and O–H groups in total. The van der Waals surface area contributed by atoms with E-state index in [0.717, 1.165) is 0 Å². The molecule has 90 valence electrons. The molecule has 0 saturated heterocycles. The second-order valence-corrected chi connectivity index (χ2v) is 3.74. The third kappa shape index (κ3) is 2.78. The van der Waals surface area contributed by atoms with Crippen LogP contribution in [0.25, 0.3) is 0 Å². The van der Waals surface area contributed by atoms with Crippen LogP contribution in [0.15, 0.2) is 24.3 Å². The van der Waals surface area contributed by atoms with Crippen molar-refractivity contribution in [1.29, 1.82) is 0 Å². The van der Waals surface area contributed by atoms with Crippen molar-refractivity contribution < 1.29 is 19.3 Å². The molecule has 0 bridgehead atoms. The van der Waals surface area contributed by atoms with Crippen molar-refractivity contribution >= 4 is 0 Å². The summed E-state index contributed by atoms with van der Waals surface area (Å²) in [6.07, 6.45) is 0. The Morgan fingerprint density at radius 3 is 2.19 bits per heavy atom. The number of aliphatic hydroxyl groups excluding tert-OH is 2. The molecule has 0 aliphatic heterocycles. The van der Waals surface area contributed by atoms with Gasteiger partial charge in [0.15, 0.2) is 0 Å². The largest absolute Gasteiger partial charge is 0.395 e. The Balaban J connectivity index is 2.95. The monoisotopic (exact) mass is 228 g/mol. The molecule has 0 aliphatic carbocycles. The van der Waals surface area contributed by atoms with Gasteiger partial charge in [0, 0.05) is 6.61 Å². The summed E-state index contributed by atoms with van der Waals surface area (Å²) in [6, 6.07) is 5.73. The molecule has 16 heavy (non-hydrogen) atoms. The predicted octanol–water partition coefficient (Wildman–Crippen LogP) is 1.08. The zero-order chi connectivity index (χ0) is 12.0. The van der Waals surface area contributed by atoms with E-state index in [-0.39, 0.29) is 25.6 Å². The first-order chi connectivity index (χ1) is 7.68. The SMILES string of the molecule is CCOCC(CO)(CO)c1ccc(F)cc1. The quantitative estimate of drug-likeness (QED) is 0.766. The van der Waals surface area contributed by atoms with Crippen molar-refractivity contribution in [3.8, 4) is 0 Å². The van der Waals surface area contributed by atoms with Crippen LogP contribution in [0.5, 0.6) is 0 Å². The highest BCUT2D eigenvalue weighted by atomic mass is 19.1. The van der Waals surface area contributed by atoms with Crippen LogP contribution in [0.1, 0.15) is 12.5 Å². The van der Waals surface area contributed by atoms with Gasteiger partial charge in [0.1, 0.15) is 5.82 Å². The van der Waals surface area contributed by atoms with Gasteiger partial charge in [-0.05, 0) is 24.6 Å². The fourth-order valence-corrected chi connectivity index (χ4v) is 1.51. The molecule has 3 nitrogen and oxygen atoms in total. The molecule has 0 atom stereocenters. The van der Waals surface area contributed by atoms with Gasteiger partial charge >= 0.3 is 0 Å². The van der Waals surface area contributed by atoms with Crippen molar-refractivity contribution in [1.82, 2.24) is 0 Å². The predicted molar refractivity (Wildman–Crippen MR) is 58.7 cm³/mol. The Morgan fingerprint density at radius 2 is 1.75 bits per heavy atom. The third-order valence-corrected chi connectivity index (χ3v) is 2.64. The van der Waals surface area contributed by atoms with E-state index in [1.807, 2.05) is 6.92 Å². The minimum Gasteiger partial charge on any atom is -0.395 e. The average molecular weight is 228 g/mol. The van der Waals surface area contributed by atoms with Crippen LogP contribution in [0, 0.1) is 5.82 Å². The summed E-state index contributed by atoms with van der Waals surface area (Å²) in [5.41, 5.74) is -0.184. The Hall–Kier alpha value is -0.970. The van der Waals surface area contributed by atoms with Gasteiger partial charge in [-0.1, -0.05) is 12.1 Å². The van der Waals surface area contributed by atoms with Gasteiger partial charge in [-0.25, -0.2) is 4.39 Å². The second-order valence-electron chi connectivity index (χ2n) is 3.74. The second kappa shape index (κ2) is 5.94. The molecule has 1 rings (SSSR count). The van der Waals surface area contributed by atoms with Crippen LogP contribution in [0.2, 0.25) is 0 Å². The van der Waals surface area contributed by atoms with E-state index in [2.05, 4.69) is 0 Å². The van der Waals surface area contributed by atoms with Crippen molar-refractivity contribution in [2.45, 2.75) is 12.3 Å². The Kier molecular flexibility index (Phi) is 4.86. The lowest BCUT2D eigenvalue weighted by atomic mass is 9.83. The summed E-state index contributed by atoms with van der Waals surface area (Å²) >= 11 is 0. The van der Waals surface area contributed by atoms with Crippen molar-refractivity contribution in [2.75, 3.05) is 26.4 Å². The van der Waals surface area contributed by atoms with E-state index in [0.29, 0.717) is 12.2 Å². The van der Waals surface area contributed by atoms with Crippen molar-refractivity contribution in [3.63, 3.8) is 0 Å². The normalized spacial score (nSPS) is 11.8. The molecule has 0 aliphatic rings. The molecule has 0 spiro atoms. The first-order valence-electron chi connectivity index (χ1n) is 5.24. The molecule has 1 aromatic carbocycles. The van der Waals surface area contributed by atoms with E-state index in [4.69, 9.17) is 4.74 Å². The maximum absolute atomic E-state index is 12.8. The van der Waals surface area contributed by atoms with Crippen molar-refractivity contribution in [2.24, 2.45) is 0 Å². The van der Waals surface area contributed by atoms with Gasteiger partial charge in [-0.2, -0.15) is 0 Å². The van der Waals surface area contributed by atoms with Gasteiger partial charge in [-0.15, -0.1) is 0 Å². The number of hydrogen-bond donors (Lipinski definition) is 2. The molecule has 0 saturated carbocycles. The van der Waals surface area contributed by atoms with E-state index in [9.17, 15) is 14.6 Å². The first-order valence-corrected chi connectivity index (χ1v) is 5.24. The van der Waals surface area contributed by atoms with Crippen LogP contribution in [-0.2, 0) is 10.2 Å².